The Bertz CT molecular complexity index is 915. The SMILES string of the molecule is CCOC(=O)[C@H](CC(C)C)NP(=O)(O)OC[C@H]1O[C@@H](n2ccc(N)nc2=O)C(F)(F)[C@@H]1O. The van der Waals surface area contributed by atoms with Crippen molar-refractivity contribution in [1.29, 1.82) is 0 Å². The third-order valence-electron chi connectivity index (χ3n) is 4.49. The number of halogens is 2. The number of nitrogens with one attached hydrogen (secondary N) is 1. The van der Waals surface area contributed by atoms with Crippen molar-refractivity contribution in [2.75, 3.05) is 18.9 Å². The second-order valence-electron chi connectivity index (χ2n) is 7.57. The Balaban J connectivity index is 2.10. The van der Waals surface area contributed by atoms with E-state index >= 15 is 0 Å². The monoisotopic (exact) mass is 484 g/mol. The van der Waals surface area contributed by atoms with E-state index in [4.69, 9.17) is 19.7 Å². The van der Waals surface area contributed by atoms with Crippen LogP contribution in [-0.4, -0.2) is 62.9 Å². The normalized spacial score (nSPS) is 25.4. The van der Waals surface area contributed by atoms with Crippen LogP contribution in [0.5, 0.6) is 0 Å². The van der Waals surface area contributed by atoms with Crippen LogP contribution in [-0.2, 0) is 23.4 Å². The lowest BCUT2D eigenvalue weighted by Gasteiger charge is -2.23. The quantitative estimate of drug-likeness (QED) is 0.267. The van der Waals surface area contributed by atoms with Crippen LogP contribution >= 0.6 is 7.75 Å². The second kappa shape index (κ2) is 10.3. The summed E-state index contributed by atoms with van der Waals surface area (Å²) in [5.74, 6) is -4.98. The highest BCUT2D eigenvalue weighted by molar-refractivity contribution is 7.50. The number of aliphatic hydroxyl groups excluding tert-OH is 1. The molecule has 12 nitrogen and oxygen atoms in total. The van der Waals surface area contributed by atoms with E-state index < -0.39 is 56.4 Å². The zero-order chi connectivity index (χ0) is 24.3. The Morgan fingerprint density at radius 2 is 2.16 bits per heavy atom. The van der Waals surface area contributed by atoms with Crippen molar-refractivity contribution < 1.29 is 42.1 Å². The molecule has 182 valence electrons. The molecular weight excluding hydrogens is 457 g/mol. The van der Waals surface area contributed by atoms with Gasteiger partial charge < -0.3 is 25.2 Å². The van der Waals surface area contributed by atoms with E-state index in [1.54, 1.807) is 20.8 Å². The number of alkyl halides is 2. The van der Waals surface area contributed by atoms with Gasteiger partial charge in [0.2, 0.25) is 6.23 Å². The third kappa shape index (κ3) is 6.30. The number of esters is 1. The fraction of sp³-hybridized carbons (Fsp3) is 0.706. The van der Waals surface area contributed by atoms with Crippen LogP contribution < -0.4 is 16.5 Å². The highest BCUT2D eigenvalue weighted by atomic mass is 31.2. The van der Waals surface area contributed by atoms with Gasteiger partial charge in [-0.05, 0) is 25.3 Å². The molecule has 1 unspecified atom stereocenters. The number of hydrogen-bond donors (Lipinski definition) is 4. The minimum Gasteiger partial charge on any atom is -0.465 e. The summed E-state index contributed by atoms with van der Waals surface area (Å²) in [6.45, 7) is 4.22. The van der Waals surface area contributed by atoms with E-state index in [0.717, 1.165) is 12.3 Å². The number of ether oxygens (including phenoxy) is 2. The third-order valence-corrected chi connectivity index (χ3v) is 5.63. The van der Waals surface area contributed by atoms with E-state index in [-0.39, 0.29) is 24.8 Å². The number of nitrogen functional groups attached to an aromatic ring is 1. The molecule has 1 aromatic rings. The van der Waals surface area contributed by atoms with Crippen LogP contribution in [0.3, 0.4) is 0 Å². The number of aromatic nitrogens is 2. The summed E-state index contributed by atoms with van der Waals surface area (Å²) in [5.41, 5.74) is 4.20. The van der Waals surface area contributed by atoms with Gasteiger partial charge in [-0.2, -0.15) is 13.8 Å². The lowest BCUT2D eigenvalue weighted by molar-refractivity contribution is -0.145. The van der Waals surface area contributed by atoms with Gasteiger partial charge in [-0.25, -0.2) is 14.4 Å². The number of nitrogens with zero attached hydrogens (tertiary/aromatic N) is 2. The Morgan fingerprint density at radius 3 is 2.72 bits per heavy atom. The molecule has 1 fully saturated rings. The number of anilines is 1. The van der Waals surface area contributed by atoms with Crippen molar-refractivity contribution in [3.05, 3.63) is 22.7 Å². The van der Waals surface area contributed by atoms with Crippen LogP contribution in [0.25, 0.3) is 0 Å². The summed E-state index contributed by atoms with van der Waals surface area (Å²) in [7, 11) is -4.70. The van der Waals surface area contributed by atoms with Crippen LogP contribution in [0.2, 0.25) is 0 Å². The predicted molar refractivity (Wildman–Crippen MR) is 107 cm³/mol. The molecule has 32 heavy (non-hydrogen) atoms. The lowest BCUT2D eigenvalue weighted by Crippen LogP contribution is -2.42. The molecule has 1 aromatic heterocycles. The Kier molecular flexibility index (Phi) is 8.48. The Morgan fingerprint density at radius 1 is 1.50 bits per heavy atom. The predicted octanol–water partition coefficient (Wildman–Crippen LogP) is 0.403. The summed E-state index contributed by atoms with van der Waals surface area (Å²) in [4.78, 5) is 37.3. The molecule has 2 heterocycles. The van der Waals surface area contributed by atoms with Crippen molar-refractivity contribution in [1.82, 2.24) is 14.6 Å². The van der Waals surface area contributed by atoms with Gasteiger partial charge in [0, 0.05) is 6.20 Å². The van der Waals surface area contributed by atoms with E-state index in [0.29, 0.717) is 4.57 Å². The number of nitrogens with two attached hydrogens (primary N) is 1. The summed E-state index contributed by atoms with van der Waals surface area (Å²) < 4.78 is 56.6. The van der Waals surface area contributed by atoms with Gasteiger partial charge in [-0.15, -0.1) is 0 Å². The molecule has 0 aromatic carbocycles. The molecule has 1 aliphatic rings. The maximum atomic E-state index is 14.5. The van der Waals surface area contributed by atoms with Crippen LogP contribution in [0.4, 0.5) is 14.6 Å². The molecule has 5 atom stereocenters. The van der Waals surface area contributed by atoms with Crippen molar-refractivity contribution >= 4 is 19.5 Å². The van der Waals surface area contributed by atoms with Crippen molar-refractivity contribution in [3.63, 3.8) is 0 Å². The first-order chi connectivity index (χ1) is 14.8. The van der Waals surface area contributed by atoms with Gasteiger partial charge in [0.05, 0.1) is 13.2 Å². The first-order valence-corrected chi connectivity index (χ1v) is 11.3. The number of rotatable bonds is 10. The van der Waals surface area contributed by atoms with Gasteiger partial charge in [-0.1, -0.05) is 13.8 Å². The van der Waals surface area contributed by atoms with Gasteiger partial charge in [-0.3, -0.25) is 13.9 Å². The average Bonchev–Trinajstić information content (AvgIpc) is 2.89. The van der Waals surface area contributed by atoms with Crippen LogP contribution in [0.15, 0.2) is 17.1 Å². The van der Waals surface area contributed by atoms with Gasteiger partial charge >= 0.3 is 25.3 Å². The lowest BCUT2D eigenvalue weighted by atomic mass is 10.1. The molecule has 0 aliphatic carbocycles. The Hall–Kier alpha value is -1.96. The summed E-state index contributed by atoms with van der Waals surface area (Å²) in [6, 6.07) is -0.0959. The van der Waals surface area contributed by atoms with Crippen molar-refractivity contribution in [3.8, 4) is 0 Å². The molecule has 0 saturated carbocycles. The first kappa shape index (κ1) is 26.3. The standard InChI is InChI=1S/C17H27F2N4O8P/c1-4-29-14(25)10(7-9(2)3)22-32(27,28)30-8-11-13(24)17(18,19)15(31-11)23-6-5-12(20)21-16(23)26/h5-6,9-11,13,15,24H,4,7-8H2,1-3H3,(H2,20,21,26)(H2,22,27,28)/t10-,11+,13+,15+/m0/s1. The zero-order valence-electron chi connectivity index (χ0n) is 17.7. The second-order valence-corrected chi connectivity index (χ2v) is 9.13. The van der Waals surface area contributed by atoms with E-state index in [1.807, 2.05) is 0 Å². The Labute approximate surface area is 182 Å². The smallest absolute Gasteiger partial charge is 0.403 e. The molecule has 15 heteroatoms. The number of carbonyl (C=O) groups excluding carboxylic acids is 1. The molecule has 5 N–H and O–H groups in total. The summed E-state index contributed by atoms with van der Waals surface area (Å²) in [6.07, 6.45) is -5.41. The average molecular weight is 484 g/mol. The van der Waals surface area contributed by atoms with Crippen molar-refractivity contribution in [2.45, 2.75) is 57.6 Å². The molecule has 1 saturated heterocycles. The highest BCUT2D eigenvalue weighted by Gasteiger charge is 2.60. The maximum absolute atomic E-state index is 14.5. The van der Waals surface area contributed by atoms with E-state index in [1.165, 1.54) is 0 Å². The number of carbonyl (C=O) groups is 1. The molecular formula is C17H27F2N4O8P. The molecule has 2 rings (SSSR count). The van der Waals surface area contributed by atoms with Gasteiger partial charge in [0.25, 0.3) is 0 Å². The molecule has 0 radical (unpaired) electrons. The minimum atomic E-state index is -4.70. The molecule has 0 bridgehead atoms. The van der Waals surface area contributed by atoms with Crippen LogP contribution in [0.1, 0.15) is 33.4 Å². The largest absolute Gasteiger partial charge is 0.465 e. The van der Waals surface area contributed by atoms with E-state index in [9.17, 15) is 32.9 Å². The molecule has 0 amide bonds. The number of aliphatic hydroxyl groups is 1. The van der Waals surface area contributed by atoms with E-state index in [2.05, 4.69) is 10.1 Å². The highest BCUT2D eigenvalue weighted by Crippen LogP contribution is 2.45. The zero-order valence-corrected chi connectivity index (χ0v) is 18.6. The fourth-order valence-electron chi connectivity index (χ4n) is 3.03. The molecule has 1 aliphatic heterocycles. The summed E-state index contributed by atoms with van der Waals surface area (Å²) in [5, 5.41) is 12.1. The first-order valence-electron chi connectivity index (χ1n) is 9.76. The van der Waals surface area contributed by atoms with Crippen LogP contribution in [0, 0.1) is 5.92 Å². The fourth-order valence-corrected chi connectivity index (χ4v) is 4.06. The topological polar surface area (TPSA) is 175 Å². The molecule has 0 spiro atoms. The maximum Gasteiger partial charge on any atom is 0.403 e. The van der Waals surface area contributed by atoms with Crippen molar-refractivity contribution in [2.24, 2.45) is 5.92 Å². The number of hydrogen-bond acceptors (Lipinski definition) is 9. The van der Waals surface area contributed by atoms with Gasteiger partial charge in [0.15, 0.2) is 6.10 Å². The minimum absolute atomic E-state index is 0.0453. The van der Waals surface area contributed by atoms with Gasteiger partial charge in [0.1, 0.15) is 18.0 Å². The summed E-state index contributed by atoms with van der Waals surface area (Å²) >= 11 is 0.